The van der Waals surface area contributed by atoms with E-state index in [-0.39, 0.29) is 0 Å². The fraction of sp³-hybridized carbons (Fsp3) is 0.429. The lowest BCUT2D eigenvalue weighted by atomic mass is 10.3. The summed E-state index contributed by atoms with van der Waals surface area (Å²) in [4.78, 5) is 0. The van der Waals surface area contributed by atoms with Crippen LogP contribution in [-0.2, 0) is 0 Å². The quantitative estimate of drug-likeness (QED) is 0.516. The second-order valence-corrected chi connectivity index (χ2v) is 2.91. The summed E-state index contributed by atoms with van der Waals surface area (Å²) in [6.45, 7) is 12.0. The van der Waals surface area contributed by atoms with Gasteiger partial charge in [0.25, 0.3) is 0 Å². The Kier molecular flexibility index (Phi) is 14.6. The van der Waals surface area contributed by atoms with Gasteiger partial charge in [-0.2, -0.15) is 0 Å². The molecule has 0 unspecified atom stereocenters. The lowest BCUT2D eigenvalue weighted by Gasteiger charge is -1.82. The molecule has 1 aromatic carbocycles. The van der Waals surface area contributed by atoms with Crippen molar-refractivity contribution in [1.82, 2.24) is 0 Å². The van der Waals surface area contributed by atoms with Gasteiger partial charge in [0.2, 0.25) is 0 Å². The van der Waals surface area contributed by atoms with Gasteiger partial charge in [0.1, 0.15) is 0 Å². The number of rotatable bonds is 0. The lowest BCUT2D eigenvalue weighted by molar-refractivity contribution is 1.50. The molecule has 0 saturated carbocycles. The molecule has 0 atom stereocenters. The van der Waals surface area contributed by atoms with E-state index in [1.165, 1.54) is 10.1 Å². The summed E-state index contributed by atoms with van der Waals surface area (Å²) in [6.07, 6.45) is 0. The molecule has 0 radical (unpaired) electrons. The molecule has 0 aliphatic rings. The van der Waals surface area contributed by atoms with Crippen molar-refractivity contribution in [2.45, 2.75) is 41.5 Å². The molecule has 1 heterocycles. The van der Waals surface area contributed by atoms with E-state index in [1.54, 1.807) is 11.3 Å². The summed E-state index contributed by atoms with van der Waals surface area (Å²) in [5.74, 6) is 0. The highest BCUT2D eigenvalue weighted by molar-refractivity contribution is 7.17. The van der Waals surface area contributed by atoms with Gasteiger partial charge in [-0.05, 0) is 22.9 Å². The average Bonchev–Trinajstić information content (AvgIpc) is 2.85. The molecule has 0 N–H and O–H groups in total. The van der Waals surface area contributed by atoms with Crippen molar-refractivity contribution >= 4 is 21.4 Å². The summed E-state index contributed by atoms with van der Waals surface area (Å²) in [6, 6.07) is 10.5. The van der Waals surface area contributed by atoms with Gasteiger partial charge in [0.05, 0.1) is 0 Å². The first-order chi connectivity index (χ1) is 7.47. The maximum Gasteiger partial charge on any atom is 0.0342 e. The van der Waals surface area contributed by atoms with Gasteiger partial charge in [-0.3, -0.25) is 0 Å². The van der Waals surface area contributed by atoms with Crippen molar-refractivity contribution in [3.05, 3.63) is 35.7 Å². The van der Waals surface area contributed by atoms with Gasteiger partial charge < -0.3 is 0 Å². The van der Waals surface area contributed by atoms with Crippen LogP contribution in [0, 0.1) is 0 Å². The maximum absolute atomic E-state index is 2.14. The van der Waals surface area contributed by atoms with Crippen LogP contribution in [0.25, 0.3) is 10.1 Å². The number of thiophene rings is 1. The molecule has 0 aliphatic heterocycles. The minimum Gasteiger partial charge on any atom is -0.144 e. The monoisotopic (exact) mass is 224 g/mol. The molecule has 0 nitrogen and oxygen atoms in total. The van der Waals surface area contributed by atoms with E-state index in [0.29, 0.717) is 0 Å². The van der Waals surface area contributed by atoms with E-state index < -0.39 is 0 Å². The van der Waals surface area contributed by atoms with Crippen LogP contribution < -0.4 is 0 Å². The molecular formula is C14H24S. The van der Waals surface area contributed by atoms with Crippen LogP contribution in [0.3, 0.4) is 0 Å². The molecular weight excluding hydrogens is 200 g/mol. The largest absolute Gasteiger partial charge is 0.144 e. The molecule has 0 aliphatic carbocycles. The van der Waals surface area contributed by atoms with Gasteiger partial charge >= 0.3 is 0 Å². The Labute approximate surface area is 99.0 Å². The average molecular weight is 224 g/mol. The van der Waals surface area contributed by atoms with Crippen molar-refractivity contribution in [2.75, 3.05) is 0 Å². The zero-order valence-electron chi connectivity index (χ0n) is 10.9. The molecule has 1 aromatic heterocycles. The van der Waals surface area contributed by atoms with Crippen molar-refractivity contribution in [3.8, 4) is 0 Å². The van der Waals surface area contributed by atoms with Gasteiger partial charge in [0.15, 0.2) is 0 Å². The number of hydrogen-bond acceptors (Lipinski definition) is 1. The highest BCUT2D eigenvalue weighted by Gasteiger charge is 1.87. The van der Waals surface area contributed by atoms with Crippen LogP contribution in [0.2, 0.25) is 0 Å². The molecule has 2 aromatic rings. The fourth-order valence-corrected chi connectivity index (χ4v) is 1.70. The summed E-state index contributed by atoms with van der Waals surface area (Å²) < 4.78 is 1.37. The first kappa shape index (κ1) is 16.6. The Balaban J connectivity index is 0. The highest BCUT2D eigenvalue weighted by Crippen LogP contribution is 2.18. The van der Waals surface area contributed by atoms with E-state index in [9.17, 15) is 0 Å². The summed E-state index contributed by atoms with van der Waals surface area (Å²) in [5, 5.41) is 3.47. The molecule has 0 amide bonds. The first-order valence-corrected chi connectivity index (χ1v) is 6.77. The van der Waals surface area contributed by atoms with Gasteiger partial charge in [0, 0.05) is 4.70 Å². The molecule has 2 rings (SSSR count). The third-order valence-corrected chi connectivity index (χ3v) is 2.26. The van der Waals surface area contributed by atoms with Crippen molar-refractivity contribution < 1.29 is 0 Å². The number of fused-ring (bicyclic) bond motifs is 1. The third kappa shape index (κ3) is 6.29. The number of benzene rings is 1. The smallest absolute Gasteiger partial charge is 0.0342 e. The van der Waals surface area contributed by atoms with E-state index in [2.05, 4.69) is 35.7 Å². The normalized spacial score (nSPS) is 7.33. The van der Waals surface area contributed by atoms with E-state index >= 15 is 0 Å². The SMILES string of the molecule is CC.CC.CC.c1ccc2sccc2c1. The van der Waals surface area contributed by atoms with E-state index in [4.69, 9.17) is 0 Å². The molecule has 15 heavy (non-hydrogen) atoms. The first-order valence-electron chi connectivity index (χ1n) is 5.89. The predicted octanol–water partition coefficient (Wildman–Crippen LogP) is 5.98. The zero-order valence-corrected chi connectivity index (χ0v) is 11.7. The zero-order chi connectivity index (χ0) is 12.1. The highest BCUT2D eigenvalue weighted by atomic mass is 32.1. The van der Waals surface area contributed by atoms with Crippen molar-refractivity contribution in [3.63, 3.8) is 0 Å². The van der Waals surface area contributed by atoms with Gasteiger partial charge in [-0.25, -0.2) is 0 Å². The Morgan fingerprint density at radius 2 is 1.27 bits per heavy atom. The van der Waals surface area contributed by atoms with Crippen LogP contribution in [0.1, 0.15) is 41.5 Å². The lowest BCUT2D eigenvalue weighted by Crippen LogP contribution is -1.56. The van der Waals surface area contributed by atoms with Gasteiger partial charge in [-0.1, -0.05) is 59.7 Å². The second kappa shape index (κ2) is 13.2. The summed E-state index contributed by atoms with van der Waals surface area (Å²) in [7, 11) is 0. The molecule has 0 saturated heterocycles. The second-order valence-electron chi connectivity index (χ2n) is 1.96. The van der Waals surface area contributed by atoms with Crippen LogP contribution in [0.15, 0.2) is 35.7 Å². The predicted molar refractivity (Wildman–Crippen MR) is 75.9 cm³/mol. The van der Waals surface area contributed by atoms with Crippen LogP contribution in [-0.4, -0.2) is 0 Å². The van der Waals surface area contributed by atoms with Crippen LogP contribution in [0.5, 0.6) is 0 Å². The summed E-state index contributed by atoms with van der Waals surface area (Å²) >= 11 is 1.79. The Morgan fingerprint density at radius 3 is 1.80 bits per heavy atom. The van der Waals surface area contributed by atoms with Crippen molar-refractivity contribution in [2.24, 2.45) is 0 Å². The molecule has 0 spiro atoms. The van der Waals surface area contributed by atoms with Crippen LogP contribution in [0.4, 0.5) is 0 Å². The molecule has 0 fully saturated rings. The summed E-state index contributed by atoms with van der Waals surface area (Å²) in [5.41, 5.74) is 0. The van der Waals surface area contributed by atoms with Gasteiger partial charge in [-0.15, -0.1) is 11.3 Å². The minimum atomic E-state index is 1.35. The Morgan fingerprint density at radius 1 is 0.733 bits per heavy atom. The van der Waals surface area contributed by atoms with Crippen LogP contribution >= 0.6 is 11.3 Å². The van der Waals surface area contributed by atoms with E-state index in [0.717, 1.165) is 0 Å². The number of hydrogen-bond donors (Lipinski definition) is 0. The van der Waals surface area contributed by atoms with E-state index in [1.807, 2.05) is 41.5 Å². The standard InChI is InChI=1S/C8H6S.3C2H6/c1-2-4-8-7(3-1)5-6-9-8;3*1-2/h1-6H;3*1-2H3. The topological polar surface area (TPSA) is 0 Å². The molecule has 86 valence electrons. The Hall–Kier alpha value is -0.820. The van der Waals surface area contributed by atoms with Crippen molar-refractivity contribution in [1.29, 1.82) is 0 Å². The molecule has 0 bridgehead atoms. The third-order valence-electron chi connectivity index (χ3n) is 1.36. The Bertz CT molecular complexity index is 279. The molecule has 1 heteroatoms. The minimum absolute atomic E-state index is 1.35. The fourth-order valence-electron chi connectivity index (χ4n) is 0.906. The maximum atomic E-state index is 2.14.